The Morgan fingerprint density at radius 1 is 1.04 bits per heavy atom. The summed E-state index contributed by atoms with van der Waals surface area (Å²) >= 11 is 0. The van der Waals surface area contributed by atoms with Crippen molar-refractivity contribution in [1.29, 1.82) is 0 Å². The van der Waals surface area contributed by atoms with Crippen molar-refractivity contribution in [3.05, 3.63) is 48.4 Å². The summed E-state index contributed by atoms with van der Waals surface area (Å²) in [7, 11) is 3.37. The van der Waals surface area contributed by atoms with Crippen LogP contribution in [0, 0.1) is 6.92 Å². The first kappa shape index (κ1) is 18.3. The molecular weight excluding hydrogens is 354 g/mol. The van der Waals surface area contributed by atoms with Crippen LogP contribution in [0.4, 0.5) is 5.82 Å². The molecule has 0 spiro atoms. The van der Waals surface area contributed by atoms with Crippen LogP contribution in [0.25, 0.3) is 11.4 Å². The van der Waals surface area contributed by atoms with Gasteiger partial charge in [-0.3, -0.25) is 0 Å². The molecule has 1 aliphatic heterocycles. The molecule has 146 valence electrons. The minimum absolute atomic E-state index is 0.387. The normalized spacial score (nSPS) is 14.9. The minimum atomic E-state index is 0.387. The lowest BCUT2D eigenvalue weighted by atomic mass is 10.0. The maximum atomic E-state index is 5.70. The van der Waals surface area contributed by atoms with E-state index >= 15 is 0 Å². The van der Waals surface area contributed by atoms with Crippen LogP contribution < -0.4 is 14.4 Å². The molecule has 0 bridgehead atoms. The molecule has 0 amide bonds. The summed E-state index contributed by atoms with van der Waals surface area (Å²) in [5, 5.41) is 8.23. The second-order valence-electron chi connectivity index (χ2n) is 6.93. The smallest absolute Gasteiger partial charge is 0.151 e. The third kappa shape index (κ3) is 3.28. The van der Waals surface area contributed by atoms with Crippen LogP contribution >= 0.6 is 0 Å². The van der Waals surface area contributed by atoms with Gasteiger partial charge in [-0.2, -0.15) is 5.10 Å². The van der Waals surface area contributed by atoms with E-state index < -0.39 is 0 Å². The fourth-order valence-electron chi connectivity index (χ4n) is 3.99. The highest BCUT2D eigenvalue weighted by molar-refractivity contribution is 5.69. The zero-order chi connectivity index (χ0) is 19.5. The zero-order valence-electron chi connectivity index (χ0n) is 16.5. The Hall–Kier alpha value is -3.09. The molecule has 0 aliphatic carbocycles. The highest BCUT2D eigenvalue weighted by atomic mass is 16.5. The van der Waals surface area contributed by atoms with E-state index in [0.717, 1.165) is 60.2 Å². The largest absolute Gasteiger partial charge is 0.496 e. The molecule has 7 nitrogen and oxygen atoms in total. The summed E-state index contributed by atoms with van der Waals surface area (Å²) in [6.07, 6.45) is 7.69. The summed E-state index contributed by atoms with van der Waals surface area (Å²) in [5.74, 6) is 3.50. The van der Waals surface area contributed by atoms with Gasteiger partial charge in [0.05, 0.1) is 19.8 Å². The number of piperidine rings is 1. The molecule has 7 heteroatoms. The fraction of sp³-hybridized carbons (Fsp3) is 0.381. The van der Waals surface area contributed by atoms with E-state index in [2.05, 4.69) is 30.8 Å². The Morgan fingerprint density at radius 3 is 2.54 bits per heavy atom. The Labute approximate surface area is 164 Å². The molecular formula is C21H25N5O2. The van der Waals surface area contributed by atoms with Crippen molar-refractivity contribution in [3.8, 4) is 22.9 Å². The summed E-state index contributed by atoms with van der Waals surface area (Å²) in [6, 6.07) is 8.33. The first-order chi connectivity index (χ1) is 13.7. The Balaban J connectivity index is 1.59. The highest BCUT2D eigenvalue weighted by Gasteiger charge is 2.25. The average Bonchev–Trinajstić information content (AvgIpc) is 3.24. The second kappa shape index (κ2) is 7.88. The molecule has 0 atom stereocenters. The summed E-state index contributed by atoms with van der Waals surface area (Å²) in [4.78, 5) is 6.94. The zero-order valence-corrected chi connectivity index (χ0v) is 16.5. The highest BCUT2D eigenvalue weighted by Crippen LogP contribution is 2.39. The molecule has 28 heavy (non-hydrogen) atoms. The number of hydrogen-bond donors (Lipinski definition) is 0. The average molecular weight is 379 g/mol. The van der Waals surface area contributed by atoms with Gasteiger partial charge in [-0.05, 0) is 44.0 Å². The number of aromatic nitrogens is 4. The third-order valence-electron chi connectivity index (χ3n) is 5.43. The van der Waals surface area contributed by atoms with Gasteiger partial charge in [0.1, 0.15) is 17.3 Å². The van der Waals surface area contributed by atoms with E-state index in [1.165, 1.54) is 0 Å². The molecule has 1 aliphatic rings. The molecule has 3 aromatic rings. The monoisotopic (exact) mass is 379 g/mol. The second-order valence-corrected chi connectivity index (χ2v) is 6.93. The summed E-state index contributed by atoms with van der Waals surface area (Å²) in [5.41, 5.74) is 1.97. The summed E-state index contributed by atoms with van der Waals surface area (Å²) in [6.45, 7) is 3.90. The third-order valence-corrected chi connectivity index (χ3v) is 5.43. The van der Waals surface area contributed by atoms with Gasteiger partial charge in [0.15, 0.2) is 5.82 Å². The Kier molecular flexibility index (Phi) is 5.14. The van der Waals surface area contributed by atoms with Crippen molar-refractivity contribution in [3.63, 3.8) is 0 Å². The lowest BCUT2D eigenvalue weighted by Crippen LogP contribution is -2.35. The number of hydrogen-bond acceptors (Lipinski definition) is 6. The van der Waals surface area contributed by atoms with E-state index in [9.17, 15) is 0 Å². The SMILES string of the molecule is COc1ccc(-c2nccn2C2CCN(c3cccnn3)CC2)c(OC)c1C. The van der Waals surface area contributed by atoms with Crippen molar-refractivity contribution < 1.29 is 9.47 Å². The molecule has 1 saturated heterocycles. The number of imidazole rings is 1. The number of methoxy groups -OCH3 is 2. The summed E-state index contributed by atoms with van der Waals surface area (Å²) < 4.78 is 13.4. The standard InChI is InChI=1S/C21H25N5O2/c1-15-18(27-2)7-6-17(20(15)28-3)21-22-11-14-26(21)16-8-12-25(13-9-16)19-5-4-10-23-24-19/h4-7,10-11,14,16H,8-9,12-13H2,1-3H3. The lowest BCUT2D eigenvalue weighted by Gasteiger charge is -2.33. The molecule has 4 rings (SSSR count). The van der Waals surface area contributed by atoms with Crippen LogP contribution in [0.2, 0.25) is 0 Å². The van der Waals surface area contributed by atoms with Gasteiger partial charge >= 0.3 is 0 Å². The number of benzene rings is 1. The first-order valence-electron chi connectivity index (χ1n) is 9.50. The predicted octanol–water partition coefficient (Wildman–Crippen LogP) is 3.51. The van der Waals surface area contributed by atoms with Crippen LogP contribution in [0.3, 0.4) is 0 Å². The van der Waals surface area contributed by atoms with E-state index in [1.807, 2.05) is 37.4 Å². The van der Waals surface area contributed by atoms with Crippen molar-refractivity contribution >= 4 is 5.82 Å². The predicted molar refractivity (Wildman–Crippen MR) is 108 cm³/mol. The van der Waals surface area contributed by atoms with E-state index in [4.69, 9.17) is 9.47 Å². The molecule has 0 radical (unpaired) electrons. The molecule has 3 heterocycles. The van der Waals surface area contributed by atoms with Gasteiger partial charge < -0.3 is 18.9 Å². The molecule has 1 fully saturated rings. The lowest BCUT2D eigenvalue weighted by molar-refractivity contribution is 0.386. The molecule has 0 saturated carbocycles. The van der Waals surface area contributed by atoms with Gasteiger partial charge in [0.25, 0.3) is 0 Å². The maximum Gasteiger partial charge on any atom is 0.151 e. The number of rotatable bonds is 5. The maximum absolute atomic E-state index is 5.70. The van der Waals surface area contributed by atoms with Gasteiger partial charge in [-0.25, -0.2) is 4.98 Å². The van der Waals surface area contributed by atoms with Crippen molar-refractivity contribution in [2.45, 2.75) is 25.8 Å². The van der Waals surface area contributed by atoms with Crippen molar-refractivity contribution in [1.82, 2.24) is 19.7 Å². The van der Waals surface area contributed by atoms with Gasteiger partial charge in [0, 0.05) is 43.3 Å². The van der Waals surface area contributed by atoms with Gasteiger partial charge in [-0.1, -0.05) is 0 Å². The van der Waals surface area contributed by atoms with Crippen LogP contribution in [0.15, 0.2) is 42.9 Å². The molecule has 0 N–H and O–H groups in total. The Bertz CT molecular complexity index is 933. The van der Waals surface area contributed by atoms with Crippen LogP contribution in [-0.2, 0) is 0 Å². The van der Waals surface area contributed by atoms with E-state index in [1.54, 1.807) is 20.4 Å². The number of anilines is 1. The van der Waals surface area contributed by atoms with E-state index in [-0.39, 0.29) is 0 Å². The van der Waals surface area contributed by atoms with Crippen molar-refractivity contribution in [2.75, 3.05) is 32.2 Å². The quantitative estimate of drug-likeness (QED) is 0.676. The van der Waals surface area contributed by atoms with Crippen LogP contribution in [0.1, 0.15) is 24.4 Å². The van der Waals surface area contributed by atoms with Crippen LogP contribution in [-0.4, -0.2) is 47.1 Å². The number of ether oxygens (including phenoxy) is 2. The Morgan fingerprint density at radius 2 is 1.86 bits per heavy atom. The molecule has 1 aromatic carbocycles. The van der Waals surface area contributed by atoms with E-state index in [0.29, 0.717) is 6.04 Å². The topological polar surface area (TPSA) is 65.3 Å². The number of nitrogens with zero attached hydrogens (tertiary/aromatic N) is 5. The van der Waals surface area contributed by atoms with Gasteiger partial charge in [-0.15, -0.1) is 5.10 Å². The fourth-order valence-corrected chi connectivity index (χ4v) is 3.99. The molecule has 0 unspecified atom stereocenters. The van der Waals surface area contributed by atoms with Crippen molar-refractivity contribution in [2.24, 2.45) is 0 Å². The first-order valence-corrected chi connectivity index (χ1v) is 9.50. The minimum Gasteiger partial charge on any atom is -0.496 e. The van der Waals surface area contributed by atoms with Crippen LogP contribution in [0.5, 0.6) is 11.5 Å². The molecule has 2 aromatic heterocycles. The van der Waals surface area contributed by atoms with Gasteiger partial charge in [0.2, 0.25) is 0 Å².